The molecule has 1 saturated heterocycles. The lowest BCUT2D eigenvalue weighted by molar-refractivity contribution is -0.130. The number of anilines is 1. The zero-order chi connectivity index (χ0) is 20.4. The van der Waals surface area contributed by atoms with E-state index in [9.17, 15) is 9.59 Å². The Morgan fingerprint density at radius 2 is 1.66 bits per heavy atom. The molecule has 4 rings (SSSR count). The van der Waals surface area contributed by atoms with Crippen molar-refractivity contribution < 1.29 is 9.59 Å². The second-order valence-corrected chi connectivity index (χ2v) is 7.81. The van der Waals surface area contributed by atoms with Crippen LogP contribution in [0.4, 0.5) is 5.69 Å². The Balaban J connectivity index is 1.45. The Morgan fingerprint density at radius 3 is 2.38 bits per heavy atom. The summed E-state index contributed by atoms with van der Waals surface area (Å²) in [7, 11) is 1.80. The number of rotatable bonds is 5. The molecule has 0 atom stereocenters. The molecule has 29 heavy (non-hydrogen) atoms. The Hall–Kier alpha value is -3.08. The summed E-state index contributed by atoms with van der Waals surface area (Å²) in [5, 5.41) is 0. The Morgan fingerprint density at radius 1 is 1.00 bits per heavy atom. The Labute approximate surface area is 172 Å². The van der Waals surface area contributed by atoms with E-state index in [-0.39, 0.29) is 18.4 Å². The van der Waals surface area contributed by atoms with Crippen LogP contribution in [-0.2, 0) is 11.3 Å². The van der Waals surface area contributed by atoms with Gasteiger partial charge in [-0.25, -0.2) is 0 Å². The standard InChI is InChI=1S/C24H27N3O2/c1-18-20-11-5-6-12-21(20)24(29)27(18)17-23(28)25(2)16-19-10-4-7-13-22(19)26-14-8-3-9-15-26/h4-7,10-13H,1,3,8-9,14-17H2,2H3. The molecule has 2 heterocycles. The van der Waals surface area contributed by atoms with Gasteiger partial charge in [0.1, 0.15) is 6.54 Å². The monoisotopic (exact) mass is 389 g/mol. The highest BCUT2D eigenvalue weighted by Gasteiger charge is 2.32. The molecule has 5 heteroatoms. The van der Waals surface area contributed by atoms with Gasteiger partial charge < -0.3 is 9.80 Å². The fraction of sp³-hybridized carbons (Fsp3) is 0.333. The molecule has 0 bridgehead atoms. The molecule has 2 aromatic carbocycles. The van der Waals surface area contributed by atoms with Crippen LogP contribution >= 0.6 is 0 Å². The number of carbonyl (C=O) groups excluding carboxylic acids is 2. The second-order valence-electron chi connectivity index (χ2n) is 7.81. The van der Waals surface area contributed by atoms with Crippen molar-refractivity contribution in [2.24, 2.45) is 0 Å². The maximum absolute atomic E-state index is 12.9. The van der Waals surface area contributed by atoms with Crippen LogP contribution in [-0.4, -0.2) is 48.3 Å². The highest BCUT2D eigenvalue weighted by molar-refractivity contribution is 6.10. The van der Waals surface area contributed by atoms with Crippen molar-refractivity contribution in [1.29, 1.82) is 0 Å². The zero-order valence-corrected chi connectivity index (χ0v) is 16.9. The largest absolute Gasteiger partial charge is 0.371 e. The smallest absolute Gasteiger partial charge is 0.259 e. The number of para-hydroxylation sites is 1. The maximum atomic E-state index is 12.9. The van der Waals surface area contributed by atoms with Crippen molar-refractivity contribution in [2.45, 2.75) is 25.8 Å². The molecular weight excluding hydrogens is 362 g/mol. The van der Waals surface area contributed by atoms with Crippen molar-refractivity contribution in [3.63, 3.8) is 0 Å². The molecule has 0 N–H and O–H groups in total. The van der Waals surface area contributed by atoms with Gasteiger partial charge in [0.05, 0.1) is 0 Å². The molecule has 5 nitrogen and oxygen atoms in total. The lowest BCUT2D eigenvalue weighted by Gasteiger charge is -2.31. The first-order chi connectivity index (χ1) is 14.1. The van der Waals surface area contributed by atoms with Gasteiger partial charge in [-0.2, -0.15) is 0 Å². The van der Waals surface area contributed by atoms with Crippen molar-refractivity contribution in [2.75, 3.05) is 31.6 Å². The molecule has 0 saturated carbocycles. The predicted octanol–water partition coefficient (Wildman–Crippen LogP) is 3.76. The molecule has 0 aliphatic carbocycles. The summed E-state index contributed by atoms with van der Waals surface area (Å²) < 4.78 is 0. The third-order valence-corrected chi connectivity index (χ3v) is 5.85. The van der Waals surface area contributed by atoms with E-state index in [1.807, 2.05) is 24.3 Å². The summed E-state index contributed by atoms with van der Waals surface area (Å²) in [6.07, 6.45) is 3.71. The number of hydrogen-bond acceptors (Lipinski definition) is 3. The number of hydrogen-bond donors (Lipinski definition) is 0. The first-order valence-corrected chi connectivity index (χ1v) is 10.2. The van der Waals surface area contributed by atoms with Gasteiger partial charge in [-0.3, -0.25) is 14.5 Å². The lowest BCUT2D eigenvalue weighted by Crippen LogP contribution is -2.38. The van der Waals surface area contributed by atoms with Gasteiger partial charge in [0.25, 0.3) is 5.91 Å². The number of carbonyl (C=O) groups is 2. The molecule has 2 amide bonds. The summed E-state index contributed by atoms with van der Waals surface area (Å²) in [5.41, 5.74) is 4.37. The summed E-state index contributed by atoms with van der Waals surface area (Å²) >= 11 is 0. The number of piperidine rings is 1. The lowest BCUT2D eigenvalue weighted by atomic mass is 10.1. The first-order valence-electron chi connectivity index (χ1n) is 10.2. The fourth-order valence-electron chi connectivity index (χ4n) is 4.19. The van der Waals surface area contributed by atoms with Crippen molar-refractivity contribution in [1.82, 2.24) is 9.80 Å². The first kappa shape index (κ1) is 19.2. The summed E-state index contributed by atoms with van der Waals surface area (Å²) in [4.78, 5) is 31.2. The molecule has 2 aliphatic heterocycles. The van der Waals surface area contributed by atoms with Crippen LogP contribution in [0.25, 0.3) is 5.70 Å². The van der Waals surface area contributed by atoms with Crippen LogP contribution in [0.2, 0.25) is 0 Å². The highest BCUT2D eigenvalue weighted by atomic mass is 16.2. The molecule has 0 aromatic heterocycles. The molecule has 1 fully saturated rings. The van der Waals surface area contributed by atoms with Gasteiger partial charge >= 0.3 is 0 Å². The summed E-state index contributed by atoms with van der Waals surface area (Å²) in [6, 6.07) is 15.7. The van der Waals surface area contributed by atoms with Crippen molar-refractivity contribution in [3.05, 3.63) is 71.8 Å². The van der Waals surface area contributed by atoms with Crippen molar-refractivity contribution in [3.8, 4) is 0 Å². The third-order valence-electron chi connectivity index (χ3n) is 5.85. The van der Waals surface area contributed by atoms with Crippen LogP contribution in [0.1, 0.15) is 40.7 Å². The van der Waals surface area contributed by atoms with E-state index in [4.69, 9.17) is 0 Å². The molecule has 150 valence electrons. The number of amides is 2. The van der Waals surface area contributed by atoms with Crippen molar-refractivity contribution >= 4 is 23.2 Å². The van der Waals surface area contributed by atoms with Gasteiger partial charge in [0.15, 0.2) is 0 Å². The van der Waals surface area contributed by atoms with Gasteiger partial charge in [-0.05, 0) is 37.0 Å². The van der Waals surface area contributed by atoms with Crippen LogP contribution < -0.4 is 4.90 Å². The minimum atomic E-state index is -0.152. The normalized spacial score (nSPS) is 16.2. The van der Waals surface area contributed by atoms with Crippen LogP contribution in [0, 0.1) is 0 Å². The number of likely N-dealkylation sites (N-methyl/N-ethyl adjacent to an activating group) is 1. The van der Waals surface area contributed by atoms with E-state index in [1.165, 1.54) is 29.8 Å². The average Bonchev–Trinajstić information content (AvgIpc) is 3.00. The molecule has 2 aliphatic rings. The second kappa shape index (κ2) is 8.11. The molecular formula is C24H27N3O2. The van der Waals surface area contributed by atoms with Gasteiger partial charge in [0.2, 0.25) is 5.91 Å². The number of benzene rings is 2. The number of fused-ring (bicyclic) bond motifs is 1. The summed E-state index contributed by atoms with van der Waals surface area (Å²) in [6.45, 7) is 6.69. The number of nitrogens with zero attached hydrogens (tertiary/aromatic N) is 3. The zero-order valence-electron chi connectivity index (χ0n) is 16.9. The minimum absolute atomic E-state index is 0.00866. The SMILES string of the molecule is C=C1c2ccccc2C(=O)N1CC(=O)N(C)Cc1ccccc1N1CCCCC1. The fourth-order valence-corrected chi connectivity index (χ4v) is 4.19. The average molecular weight is 389 g/mol. The Bertz CT molecular complexity index is 912. The van der Waals surface area contributed by atoms with Crippen LogP contribution in [0.5, 0.6) is 0 Å². The van der Waals surface area contributed by atoms with Gasteiger partial charge in [0, 0.05) is 49.2 Å². The van der Waals surface area contributed by atoms with Crippen LogP contribution in [0.15, 0.2) is 55.1 Å². The van der Waals surface area contributed by atoms with Crippen LogP contribution in [0.3, 0.4) is 0 Å². The third kappa shape index (κ3) is 3.77. The van der Waals surface area contributed by atoms with E-state index >= 15 is 0 Å². The molecule has 0 radical (unpaired) electrons. The highest BCUT2D eigenvalue weighted by Crippen LogP contribution is 2.31. The molecule has 2 aromatic rings. The van der Waals surface area contributed by atoms with E-state index < -0.39 is 0 Å². The van der Waals surface area contributed by atoms with Gasteiger partial charge in [-0.1, -0.05) is 43.0 Å². The van der Waals surface area contributed by atoms with E-state index in [1.54, 1.807) is 18.0 Å². The van der Waals surface area contributed by atoms with E-state index in [0.29, 0.717) is 17.8 Å². The quantitative estimate of drug-likeness (QED) is 0.782. The topological polar surface area (TPSA) is 43.9 Å². The maximum Gasteiger partial charge on any atom is 0.259 e. The van der Waals surface area contributed by atoms with Gasteiger partial charge in [-0.15, -0.1) is 0 Å². The predicted molar refractivity (Wildman–Crippen MR) is 115 cm³/mol. The summed E-state index contributed by atoms with van der Waals surface area (Å²) in [5.74, 6) is -0.248. The van der Waals surface area contributed by atoms with E-state index in [2.05, 4.69) is 29.7 Å². The molecule has 0 unspecified atom stereocenters. The molecule has 0 spiro atoms. The minimum Gasteiger partial charge on any atom is -0.371 e. The Kier molecular flexibility index (Phi) is 5.38. The van der Waals surface area contributed by atoms with E-state index in [0.717, 1.165) is 24.2 Å².